The normalized spacial score (nSPS) is 27.4. The Hall–Kier alpha value is -1.44. The zero-order valence-electron chi connectivity index (χ0n) is 13.8. The lowest BCUT2D eigenvalue weighted by atomic mass is 10.1. The van der Waals surface area contributed by atoms with Crippen molar-refractivity contribution in [2.45, 2.75) is 51.2 Å². The van der Waals surface area contributed by atoms with Gasteiger partial charge in [-0.1, -0.05) is 0 Å². The maximum atomic E-state index is 13.3. The third-order valence-electron chi connectivity index (χ3n) is 4.12. The summed E-state index contributed by atoms with van der Waals surface area (Å²) in [5.41, 5.74) is 4.97. The standard InChI is InChI=1S/C15H25F2N3O3/c1-14(2,3)23-13(22)20-8-10(7-18)6-11(20)12(21)19-5-4-15(16,17)9-19/h10-11H,4-9,18H2,1-3H3/t10?,11-/m0/s1. The second kappa shape index (κ2) is 6.22. The van der Waals surface area contributed by atoms with Crippen molar-refractivity contribution in [3.05, 3.63) is 0 Å². The largest absolute Gasteiger partial charge is 0.444 e. The Balaban J connectivity index is 2.10. The van der Waals surface area contributed by atoms with Crippen LogP contribution in [-0.4, -0.2) is 65.5 Å². The van der Waals surface area contributed by atoms with Crippen LogP contribution >= 0.6 is 0 Å². The topological polar surface area (TPSA) is 75.9 Å². The molecule has 0 aromatic carbocycles. The quantitative estimate of drug-likeness (QED) is 0.830. The number of halogens is 2. The minimum absolute atomic E-state index is 0.0117. The molecule has 0 aliphatic carbocycles. The number of hydrogen-bond acceptors (Lipinski definition) is 4. The van der Waals surface area contributed by atoms with E-state index in [-0.39, 0.29) is 18.9 Å². The number of amides is 2. The van der Waals surface area contributed by atoms with Gasteiger partial charge in [-0.15, -0.1) is 0 Å². The molecule has 132 valence electrons. The Bertz CT molecular complexity index is 479. The summed E-state index contributed by atoms with van der Waals surface area (Å²) in [5, 5.41) is 0. The van der Waals surface area contributed by atoms with Crippen molar-refractivity contribution in [1.82, 2.24) is 9.80 Å². The lowest BCUT2D eigenvalue weighted by Gasteiger charge is -2.30. The summed E-state index contributed by atoms with van der Waals surface area (Å²) >= 11 is 0. The maximum Gasteiger partial charge on any atom is 0.410 e. The average molecular weight is 333 g/mol. The van der Waals surface area contributed by atoms with Crippen LogP contribution in [0.4, 0.5) is 13.6 Å². The predicted molar refractivity (Wildman–Crippen MR) is 80.0 cm³/mol. The van der Waals surface area contributed by atoms with Gasteiger partial charge in [0.25, 0.3) is 5.92 Å². The van der Waals surface area contributed by atoms with Gasteiger partial charge in [-0.25, -0.2) is 13.6 Å². The highest BCUT2D eigenvalue weighted by atomic mass is 19.3. The van der Waals surface area contributed by atoms with Gasteiger partial charge in [-0.05, 0) is 39.7 Å². The Morgan fingerprint density at radius 2 is 2.00 bits per heavy atom. The van der Waals surface area contributed by atoms with Gasteiger partial charge in [0.05, 0.1) is 6.54 Å². The second-order valence-corrected chi connectivity index (χ2v) is 7.35. The Morgan fingerprint density at radius 3 is 2.48 bits per heavy atom. The average Bonchev–Trinajstić information content (AvgIpc) is 2.99. The molecule has 0 radical (unpaired) electrons. The molecule has 2 N–H and O–H groups in total. The van der Waals surface area contributed by atoms with E-state index in [1.54, 1.807) is 20.8 Å². The van der Waals surface area contributed by atoms with E-state index < -0.39 is 36.1 Å². The van der Waals surface area contributed by atoms with Crippen LogP contribution in [0.1, 0.15) is 33.6 Å². The lowest BCUT2D eigenvalue weighted by molar-refractivity contribution is -0.136. The molecule has 2 rings (SSSR count). The number of nitrogens with two attached hydrogens (primary N) is 1. The molecule has 0 bridgehead atoms. The lowest BCUT2D eigenvalue weighted by Crippen LogP contribution is -2.48. The molecule has 2 heterocycles. The van der Waals surface area contributed by atoms with E-state index in [9.17, 15) is 18.4 Å². The van der Waals surface area contributed by atoms with Crippen LogP contribution in [0.2, 0.25) is 0 Å². The van der Waals surface area contributed by atoms with E-state index in [2.05, 4.69) is 0 Å². The number of rotatable bonds is 2. The molecule has 2 aliphatic heterocycles. The molecule has 0 spiro atoms. The second-order valence-electron chi connectivity index (χ2n) is 7.35. The van der Waals surface area contributed by atoms with Gasteiger partial charge in [0, 0.05) is 19.5 Å². The van der Waals surface area contributed by atoms with Crippen LogP contribution < -0.4 is 5.73 Å². The van der Waals surface area contributed by atoms with Crippen molar-refractivity contribution >= 4 is 12.0 Å². The number of ether oxygens (including phenoxy) is 1. The van der Waals surface area contributed by atoms with Gasteiger partial charge in [0.15, 0.2) is 0 Å². The van der Waals surface area contributed by atoms with Crippen molar-refractivity contribution in [3.63, 3.8) is 0 Å². The molecule has 2 saturated heterocycles. The molecule has 2 atom stereocenters. The molecule has 2 aliphatic rings. The summed E-state index contributed by atoms with van der Waals surface area (Å²) in [6.45, 7) is 5.28. The van der Waals surface area contributed by atoms with Gasteiger partial charge < -0.3 is 15.4 Å². The first-order chi connectivity index (χ1) is 10.5. The Morgan fingerprint density at radius 1 is 1.35 bits per heavy atom. The highest BCUT2D eigenvalue weighted by molar-refractivity contribution is 5.86. The van der Waals surface area contributed by atoms with Crippen LogP contribution in [0, 0.1) is 5.92 Å². The highest BCUT2D eigenvalue weighted by Crippen LogP contribution is 2.31. The van der Waals surface area contributed by atoms with Gasteiger partial charge in [0.1, 0.15) is 11.6 Å². The summed E-state index contributed by atoms with van der Waals surface area (Å²) in [6, 6.07) is -0.771. The number of nitrogens with zero attached hydrogens (tertiary/aromatic N) is 2. The summed E-state index contributed by atoms with van der Waals surface area (Å²) in [7, 11) is 0. The van der Waals surface area contributed by atoms with E-state index >= 15 is 0 Å². The fraction of sp³-hybridized carbons (Fsp3) is 0.867. The SMILES string of the molecule is CC(C)(C)OC(=O)N1CC(CN)C[C@H]1C(=O)N1CCC(F)(F)C1. The molecule has 2 fully saturated rings. The van der Waals surface area contributed by atoms with Crippen molar-refractivity contribution < 1.29 is 23.1 Å². The minimum Gasteiger partial charge on any atom is -0.444 e. The first-order valence-corrected chi connectivity index (χ1v) is 7.89. The number of carbonyl (C=O) groups is 2. The highest BCUT2D eigenvalue weighted by Gasteiger charge is 2.47. The first kappa shape index (κ1) is 17.9. The molecule has 0 aromatic heterocycles. The number of carbonyl (C=O) groups excluding carboxylic acids is 2. The predicted octanol–water partition coefficient (Wildman–Crippen LogP) is 1.44. The molecule has 2 amide bonds. The molecule has 23 heavy (non-hydrogen) atoms. The fourth-order valence-corrected chi connectivity index (χ4v) is 2.98. The molecule has 0 aromatic rings. The molecule has 8 heteroatoms. The summed E-state index contributed by atoms with van der Waals surface area (Å²) in [4.78, 5) is 27.4. The van der Waals surface area contributed by atoms with Gasteiger partial charge in [-0.2, -0.15) is 0 Å². The van der Waals surface area contributed by atoms with Crippen LogP contribution in [0.25, 0.3) is 0 Å². The molecular formula is C15H25F2N3O3. The molecule has 6 nitrogen and oxygen atoms in total. The summed E-state index contributed by atoms with van der Waals surface area (Å²) in [5.74, 6) is -3.32. The van der Waals surface area contributed by atoms with Crippen LogP contribution in [0.15, 0.2) is 0 Å². The first-order valence-electron chi connectivity index (χ1n) is 7.89. The zero-order chi connectivity index (χ0) is 17.4. The Kier molecular flexibility index (Phi) is 4.84. The summed E-state index contributed by atoms with van der Waals surface area (Å²) in [6.07, 6.45) is -0.549. The fourth-order valence-electron chi connectivity index (χ4n) is 2.98. The van der Waals surface area contributed by atoms with E-state index in [0.717, 1.165) is 4.90 Å². The van der Waals surface area contributed by atoms with Crippen LogP contribution in [0.3, 0.4) is 0 Å². The number of alkyl halides is 2. The number of hydrogen-bond donors (Lipinski definition) is 1. The van der Waals surface area contributed by atoms with E-state index in [1.807, 2.05) is 0 Å². The van der Waals surface area contributed by atoms with Crippen LogP contribution in [-0.2, 0) is 9.53 Å². The van der Waals surface area contributed by atoms with Gasteiger partial charge in [-0.3, -0.25) is 9.69 Å². The van der Waals surface area contributed by atoms with Crippen molar-refractivity contribution in [2.75, 3.05) is 26.2 Å². The smallest absolute Gasteiger partial charge is 0.410 e. The molecule has 0 saturated carbocycles. The van der Waals surface area contributed by atoms with Crippen LogP contribution in [0.5, 0.6) is 0 Å². The van der Waals surface area contributed by atoms with E-state index in [4.69, 9.17) is 10.5 Å². The third kappa shape index (κ3) is 4.31. The van der Waals surface area contributed by atoms with E-state index in [0.29, 0.717) is 19.5 Å². The maximum absolute atomic E-state index is 13.3. The molecular weight excluding hydrogens is 308 g/mol. The number of likely N-dealkylation sites (tertiary alicyclic amines) is 2. The van der Waals surface area contributed by atoms with Crippen molar-refractivity contribution in [2.24, 2.45) is 11.7 Å². The van der Waals surface area contributed by atoms with Crippen molar-refractivity contribution in [1.29, 1.82) is 0 Å². The third-order valence-corrected chi connectivity index (χ3v) is 4.12. The molecule has 1 unspecified atom stereocenters. The van der Waals surface area contributed by atoms with Crippen molar-refractivity contribution in [3.8, 4) is 0 Å². The van der Waals surface area contributed by atoms with E-state index in [1.165, 1.54) is 4.90 Å². The Labute approximate surface area is 134 Å². The monoisotopic (exact) mass is 333 g/mol. The zero-order valence-corrected chi connectivity index (χ0v) is 13.8. The van der Waals surface area contributed by atoms with Gasteiger partial charge in [0.2, 0.25) is 5.91 Å². The minimum atomic E-state index is -2.85. The summed E-state index contributed by atoms with van der Waals surface area (Å²) < 4.78 is 32.0. The van der Waals surface area contributed by atoms with Gasteiger partial charge >= 0.3 is 6.09 Å².